The average Bonchev–Trinajstić information content (AvgIpc) is 3.21. The molecule has 2 fully saturated rings. The third-order valence-corrected chi connectivity index (χ3v) is 4.43. The van der Waals surface area contributed by atoms with Gasteiger partial charge in [-0.1, -0.05) is 12.1 Å². The molecule has 0 unspecified atom stereocenters. The van der Waals surface area contributed by atoms with Crippen LogP contribution in [-0.2, 0) is 6.54 Å². The molecule has 0 bridgehead atoms. The quantitative estimate of drug-likeness (QED) is 0.851. The van der Waals surface area contributed by atoms with Crippen LogP contribution >= 0.6 is 0 Å². The van der Waals surface area contributed by atoms with Crippen LogP contribution in [0.25, 0.3) is 0 Å². The fourth-order valence-electron chi connectivity index (χ4n) is 3.10. The van der Waals surface area contributed by atoms with Gasteiger partial charge in [0.15, 0.2) is 5.82 Å². The number of hydrogen-bond donors (Lipinski definition) is 1. The monoisotopic (exact) mass is 294 g/mol. The van der Waals surface area contributed by atoms with Gasteiger partial charge in [-0.05, 0) is 26.2 Å². The fourth-order valence-corrected chi connectivity index (χ4v) is 3.10. The van der Waals surface area contributed by atoms with Crippen molar-refractivity contribution >= 4 is 0 Å². The molecule has 2 heterocycles. The van der Waals surface area contributed by atoms with Crippen molar-refractivity contribution in [2.45, 2.75) is 57.7 Å². The first kappa shape index (κ1) is 14.9. The van der Waals surface area contributed by atoms with Gasteiger partial charge in [0.25, 0.3) is 0 Å². The Labute approximate surface area is 126 Å². The summed E-state index contributed by atoms with van der Waals surface area (Å²) in [4.78, 5) is 9.30. The summed E-state index contributed by atoms with van der Waals surface area (Å²) in [6, 6.07) is 0.503. The molecule has 1 aliphatic carbocycles. The Kier molecular flexibility index (Phi) is 4.57. The molecule has 0 aromatic carbocycles. The third kappa shape index (κ3) is 3.81. The van der Waals surface area contributed by atoms with Gasteiger partial charge >= 0.3 is 0 Å². The van der Waals surface area contributed by atoms with Crippen molar-refractivity contribution in [3.05, 3.63) is 11.7 Å². The molecule has 1 aliphatic heterocycles. The zero-order valence-electron chi connectivity index (χ0n) is 13.0. The normalized spacial score (nSPS) is 26.1. The van der Waals surface area contributed by atoms with Gasteiger partial charge in [-0.15, -0.1) is 0 Å². The summed E-state index contributed by atoms with van der Waals surface area (Å²) in [5.74, 6) is 2.16. The van der Waals surface area contributed by atoms with Crippen LogP contribution in [0.5, 0.6) is 0 Å². The third-order valence-electron chi connectivity index (χ3n) is 4.43. The second kappa shape index (κ2) is 6.42. The largest absolute Gasteiger partial charge is 0.392 e. The second-order valence-corrected chi connectivity index (χ2v) is 6.46. The Balaban J connectivity index is 1.54. The van der Waals surface area contributed by atoms with Crippen molar-refractivity contribution in [3.63, 3.8) is 0 Å². The Bertz CT molecular complexity index is 458. The van der Waals surface area contributed by atoms with Gasteiger partial charge in [-0.2, -0.15) is 4.98 Å². The van der Waals surface area contributed by atoms with Gasteiger partial charge < -0.3 is 9.63 Å². The maximum atomic E-state index is 9.59. The summed E-state index contributed by atoms with van der Waals surface area (Å²) in [7, 11) is 0. The molecular weight excluding hydrogens is 268 g/mol. The van der Waals surface area contributed by atoms with Gasteiger partial charge in [0, 0.05) is 38.1 Å². The maximum Gasteiger partial charge on any atom is 0.229 e. The molecule has 1 aromatic rings. The fraction of sp³-hybridized carbons (Fsp3) is 0.867. The van der Waals surface area contributed by atoms with E-state index in [0.717, 1.165) is 50.9 Å². The minimum Gasteiger partial charge on any atom is -0.392 e. The van der Waals surface area contributed by atoms with E-state index in [9.17, 15) is 5.11 Å². The Hall–Kier alpha value is -0.980. The minimum absolute atomic E-state index is 0.260. The first-order valence-electron chi connectivity index (χ1n) is 8.12. The lowest BCUT2D eigenvalue weighted by Gasteiger charge is -2.41. The SMILES string of the molecule is CC[C@@H]1CN(Cc2noc(C3CC3)n2)CCN1C[C@@H](C)O. The molecule has 3 rings (SSSR count). The zero-order valence-corrected chi connectivity index (χ0v) is 13.0. The van der Waals surface area contributed by atoms with Crippen molar-refractivity contribution in [1.82, 2.24) is 19.9 Å². The molecule has 6 heteroatoms. The smallest absolute Gasteiger partial charge is 0.229 e. The van der Waals surface area contributed by atoms with Crippen molar-refractivity contribution in [2.24, 2.45) is 0 Å². The number of aliphatic hydroxyl groups is 1. The van der Waals surface area contributed by atoms with E-state index >= 15 is 0 Å². The molecule has 2 aliphatic rings. The predicted octanol–water partition coefficient (Wildman–Crippen LogP) is 1.22. The number of hydrogen-bond acceptors (Lipinski definition) is 6. The van der Waals surface area contributed by atoms with E-state index in [0.29, 0.717) is 12.0 Å². The van der Waals surface area contributed by atoms with Gasteiger partial charge in [-0.25, -0.2) is 0 Å². The van der Waals surface area contributed by atoms with E-state index in [2.05, 4.69) is 26.9 Å². The summed E-state index contributed by atoms with van der Waals surface area (Å²) in [5, 5.41) is 13.7. The summed E-state index contributed by atoms with van der Waals surface area (Å²) in [5.41, 5.74) is 0. The van der Waals surface area contributed by atoms with Gasteiger partial charge in [-0.3, -0.25) is 9.80 Å². The molecule has 0 amide bonds. The summed E-state index contributed by atoms with van der Waals surface area (Å²) >= 11 is 0. The van der Waals surface area contributed by atoms with E-state index in [-0.39, 0.29) is 6.10 Å². The van der Waals surface area contributed by atoms with E-state index in [1.165, 1.54) is 12.8 Å². The maximum absolute atomic E-state index is 9.59. The van der Waals surface area contributed by atoms with Crippen LogP contribution in [0.4, 0.5) is 0 Å². The highest BCUT2D eigenvalue weighted by Gasteiger charge is 2.31. The van der Waals surface area contributed by atoms with E-state index in [1.54, 1.807) is 0 Å². The van der Waals surface area contributed by atoms with Crippen LogP contribution in [0.1, 0.15) is 50.7 Å². The van der Waals surface area contributed by atoms with E-state index < -0.39 is 0 Å². The summed E-state index contributed by atoms with van der Waals surface area (Å²) in [6.07, 6.45) is 3.22. The second-order valence-electron chi connectivity index (χ2n) is 6.46. The van der Waals surface area contributed by atoms with Gasteiger partial charge in [0.05, 0.1) is 12.6 Å². The topological polar surface area (TPSA) is 65.6 Å². The molecule has 1 aromatic heterocycles. The van der Waals surface area contributed by atoms with Gasteiger partial charge in [0.1, 0.15) is 0 Å². The van der Waals surface area contributed by atoms with Crippen LogP contribution in [0.2, 0.25) is 0 Å². The average molecular weight is 294 g/mol. The molecular formula is C15H26N4O2. The molecule has 1 saturated heterocycles. The molecule has 0 spiro atoms. The molecule has 118 valence electrons. The summed E-state index contributed by atoms with van der Waals surface area (Å²) in [6.45, 7) is 8.61. The van der Waals surface area contributed by atoms with E-state index in [4.69, 9.17) is 4.52 Å². The molecule has 2 atom stereocenters. The van der Waals surface area contributed by atoms with Crippen LogP contribution in [-0.4, -0.2) is 63.4 Å². The Morgan fingerprint density at radius 1 is 1.38 bits per heavy atom. The highest BCUT2D eigenvalue weighted by molar-refractivity contribution is 5.02. The zero-order chi connectivity index (χ0) is 14.8. The molecule has 6 nitrogen and oxygen atoms in total. The molecule has 21 heavy (non-hydrogen) atoms. The van der Waals surface area contributed by atoms with Crippen LogP contribution < -0.4 is 0 Å². The van der Waals surface area contributed by atoms with Crippen LogP contribution in [0.15, 0.2) is 4.52 Å². The van der Waals surface area contributed by atoms with Gasteiger partial charge in [0.2, 0.25) is 5.89 Å². The number of β-amino-alcohol motifs (C(OH)–C–C–N with tert-alkyl or cyclic N) is 1. The van der Waals surface area contributed by atoms with E-state index in [1.807, 2.05) is 6.92 Å². The number of rotatable bonds is 6. The minimum atomic E-state index is -0.260. The van der Waals surface area contributed by atoms with Crippen LogP contribution in [0.3, 0.4) is 0 Å². The lowest BCUT2D eigenvalue weighted by Crippen LogP contribution is -2.54. The highest BCUT2D eigenvalue weighted by Crippen LogP contribution is 2.38. The number of aromatic nitrogens is 2. The standard InChI is InChI=1S/C15H26N4O2/c1-3-13-9-18(6-7-19(13)8-11(2)20)10-14-16-15(21-17-14)12-4-5-12/h11-13,20H,3-10H2,1-2H3/t11-,13-/m1/s1. The lowest BCUT2D eigenvalue weighted by molar-refractivity contribution is 0.0326. The molecule has 1 N–H and O–H groups in total. The van der Waals surface area contributed by atoms with Crippen molar-refractivity contribution in [1.29, 1.82) is 0 Å². The number of nitrogens with zero attached hydrogens (tertiary/aromatic N) is 4. The van der Waals surface area contributed by atoms with Crippen molar-refractivity contribution < 1.29 is 9.63 Å². The number of piperazine rings is 1. The summed E-state index contributed by atoms with van der Waals surface area (Å²) < 4.78 is 5.33. The number of aliphatic hydroxyl groups excluding tert-OH is 1. The molecule has 1 saturated carbocycles. The first-order chi connectivity index (χ1) is 10.2. The predicted molar refractivity (Wildman–Crippen MR) is 78.9 cm³/mol. The van der Waals surface area contributed by atoms with Crippen LogP contribution in [0, 0.1) is 0 Å². The van der Waals surface area contributed by atoms with Crippen molar-refractivity contribution in [2.75, 3.05) is 26.2 Å². The highest BCUT2D eigenvalue weighted by atomic mass is 16.5. The van der Waals surface area contributed by atoms with Crippen molar-refractivity contribution in [3.8, 4) is 0 Å². The molecule has 0 radical (unpaired) electrons. The Morgan fingerprint density at radius 2 is 2.19 bits per heavy atom. The lowest BCUT2D eigenvalue weighted by atomic mass is 10.1. The Morgan fingerprint density at radius 3 is 2.86 bits per heavy atom. The first-order valence-corrected chi connectivity index (χ1v) is 8.12.